The largest absolute Gasteiger partial charge is 0.508 e. The number of rotatable bonds is 5. The van der Waals surface area contributed by atoms with Crippen molar-refractivity contribution < 1.29 is 9.84 Å². The van der Waals surface area contributed by atoms with Crippen LogP contribution in [0.5, 0.6) is 11.5 Å². The average molecular weight is 294 g/mol. The average Bonchev–Trinajstić information content (AvgIpc) is 2.56. The third kappa shape index (κ3) is 3.46. The van der Waals surface area contributed by atoms with Gasteiger partial charge in [0.15, 0.2) is 0 Å². The maximum absolute atomic E-state index is 9.59. The van der Waals surface area contributed by atoms with Crippen molar-refractivity contribution in [3.8, 4) is 17.6 Å². The van der Waals surface area contributed by atoms with E-state index in [2.05, 4.69) is 11.4 Å². The van der Waals surface area contributed by atoms with Crippen LogP contribution in [0.3, 0.4) is 0 Å². The first-order chi connectivity index (χ1) is 10.7. The Morgan fingerprint density at radius 2 is 1.68 bits per heavy atom. The molecular formula is C18H18N2O2. The zero-order chi connectivity index (χ0) is 15.9. The van der Waals surface area contributed by atoms with Crippen LogP contribution in [0.2, 0.25) is 0 Å². The Bertz CT molecular complexity index is 695. The first-order valence-corrected chi connectivity index (χ1v) is 6.91. The van der Waals surface area contributed by atoms with Gasteiger partial charge in [-0.25, -0.2) is 0 Å². The number of hydrogen-bond donors (Lipinski definition) is 2. The fourth-order valence-electron chi connectivity index (χ4n) is 2.24. The highest BCUT2D eigenvalue weighted by atomic mass is 16.5. The molecule has 2 N–H and O–H groups in total. The molecule has 0 fully saturated rings. The van der Waals surface area contributed by atoms with Crippen LogP contribution in [0.25, 0.3) is 11.1 Å². The Balaban J connectivity index is 2.54. The number of aromatic hydroxyl groups is 1. The molecule has 112 valence electrons. The van der Waals surface area contributed by atoms with Crippen molar-refractivity contribution >= 4 is 11.1 Å². The van der Waals surface area contributed by atoms with E-state index in [4.69, 9.17) is 4.74 Å². The molecule has 0 aromatic heterocycles. The standard InChI is InChI=1S/C18H18N2O2/c1-20-12-18(14-5-9-16(22-2)10-6-14)17(11-19)13-3-7-15(21)8-4-13/h3-10,20-21H,12H2,1-2H3/b18-17+. The van der Waals surface area contributed by atoms with Crippen molar-refractivity contribution in [3.63, 3.8) is 0 Å². The molecular weight excluding hydrogens is 276 g/mol. The van der Waals surface area contributed by atoms with E-state index in [0.29, 0.717) is 12.1 Å². The van der Waals surface area contributed by atoms with Crippen LogP contribution in [0.4, 0.5) is 0 Å². The number of allylic oxidation sites excluding steroid dienone is 1. The SMILES string of the molecule is CNC/C(=C(/C#N)c1ccc(O)cc1)c1ccc(OC)cc1. The van der Waals surface area contributed by atoms with Gasteiger partial charge in [-0.1, -0.05) is 12.1 Å². The Morgan fingerprint density at radius 1 is 1.09 bits per heavy atom. The molecule has 0 heterocycles. The van der Waals surface area contributed by atoms with E-state index in [0.717, 1.165) is 22.4 Å². The van der Waals surface area contributed by atoms with Crippen LogP contribution >= 0.6 is 0 Å². The van der Waals surface area contributed by atoms with Crippen LogP contribution in [0.1, 0.15) is 11.1 Å². The van der Waals surface area contributed by atoms with Gasteiger partial charge in [0.2, 0.25) is 0 Å². The van der Waals surface area contributed by atoms with Gasteiger partial charge in [0.25, 0.3) is 0 Å². The van der Waals surface area contributed by atoms with E-state index in [1.165, 1.54) is 0 Å². The molecule has 0 radical (unpaired) electrons. The van der Waals surface area contributed by atoms with Crippen molar-refractivity contribution in [1.29, 1.82) is 5.26 Å². The molecule has 2 aromatic rings. The van der Waals surface area contributed by atoms with Gasteiger partial charge in [-0.05, 0) is 60.1 Å². The first-order valence-electron chi connectivity index (χ1n) is 6.91. The Morgan fingerprint density at radius 3 is 2.18 bits per heavy atom. The smallest absolute Gasteiger partial charge is 0.118 e. The Labute approximate surface area is 130 Å². The summed E-state index contributed by atoms with van der Waals surface area (Å²) < 4.78 is 5.17. The fraction of sp³-hybridized carbons (Fsp3) is 0.167. The van der Waals surface area contributed by atoms with E-state index in [9.17, 15) is 10.4 Å². The lowest BCUT2D eigenvalue weighted by Crippen LogP contribution is -2.11. The number of ether oxygens (including phenoxy) is 1. The number of phenolic OH excluding ortho intramolecular Hbond substituents is 1. The molecule has 0 bridgehead atoms. The molecule has 0 aliphatic carbocycles. The second-order valence-corrected chi connectivity index (χ2v) is 4.77. The highest BCUT2D eigenvalue weighted by Gasteiger charge is 2.11. The lowest BCUT2D eigenvalue weighted by molar-refractivity contribution is 0.415. The van der Waals surface area contributed by atoms with E-state index in [-0.39, 0.29) is 5.75 Å². The summed E-state index contributed by atoms with van der Waals surface area (Å²) in [5, 5.41) is 22.1. The number of nitrogens with one attached hydrogen (secondary N) is 1. The minimum Gasteiger partial charge on any atom is -0.508 e. The predicted molar refractivity (Wildman–Crippen MR) is 87.5 cm³/mol. The maximum Gasteiger partial charge on any atom is 0.118 e. The van der Waals surface area contributed by atoms with Crippen LogP contribution in [0.15, 0.2) is 48.5 Å². The number of benzene rings is 2. The molecule has 0 aliphatic rings. The van der Waals surface area contributed by atoms with Gasteiger partial charge in [0, 0.05) is 6.54 Å². The molecule has 0 saturated heterocycles. The van der Waals surface area contributed by atoms with Crippen molar-refractivity contribution in [2.75, 3.05) is 20.7 Å². The molecule has 0 aliphatic heterocycles. The molecule has 0 unspecified atom stereocenters. The van der Waals surface area contributed by atoms with Gasteiger partial charge in [0.05, 0.1) is 12.7 Å². The maximum atomic E-state index is 9.59. The number of phenols is 1. The number of methoxy groups -OCH3 is 1. The highest BCUT2D eigenvalue weighted by molar-refractivity contribution is 5.98. The minimum atomic E-state index is 0.181. The van der Waals surface area contributed by atoms with Gasteiger partial charge in [-0.15, -0.1) is 0 Å². The molecule has 22 heavy (non-hydrogen) atoms. The second kappa shape index (κ2) is 7.30. The number of hydrogen-bond acceptors (Lipinski definition) is 4. The molecule has 0 saturated carbocycles. The monoisotopic (exact) mass is 294 g/mol. The zero-order valence-corrected chi connectivity index (χ0v) is 12.6. The summed E-state index contributed by atoms with van der Waals surface area (Å²) >= 11 is 0. The minimum absolute atomic E-state index is 0.181. The molecule has 0 atom stereocenters. The van der Waals surface area contributed by atoms with Crippen LogP contribution in [-0.4, -0.2) is 25.8 Å². The topological polar surface area (TPSA) is 65.3 Å². The summed E-state index contributed by atoms with van der Waals surface area (Å²) in [6, 6.07) is 16.5. The van der Waals surface area contributed by atoms with E-state index in [1.807, 2.05) is 31.3 Å². The van der Waals surface area contributed by atoms with Gasteiger partial charge < -0.3 is 15.2 Å². The molecule has 2 rings (SSSR count). The van der Waals surface area contributed by atoms with Crippen LogP contribution in [-0.2, 0) is 0 Å². The van der Waals surface area contributed by atoms with Gasteiger partial charge in [0.1, 0.15) is 17.6 Å². The van der Waals surface area contributed by atoms with Crippen LogP contribution in [0, 0.1) is 11.3 Å². The molecule has 4 nitrogen and oxygen atoms in total. The second-order valence-electron chi connectivity index (χ2n) is 4.77. The van der Waals surface area contributed by atoms with Crippen molar-refractivity contribution in [2.24, 2.45) is 0 Å². The van der Waals surface area contributed by atoms with Gasteiger partial charge in [-0.2, -0.15) is 5.26 Å². The predicted octanol–water partition coefficient (Wildman–Crippen LogP) is 3.05. The lowest BCUT2D eigenvalue weighted by atomic mass is 9.95. The highest BCUT2D eigenvalue weighted by Crippen LogP contribution is 2.27. The quantitative estimate of drug-likeness (QED) is 0.657. The summed E-state index contributed by atoms with van der Waals surface area (Å²) in [6.45, 7) is 0.566. The third-order valence-electron chi connectivity index (χ3n) is 3.36. The fourth-order valence-corrected chi connectivity index (χ4v) is 2.24. The van der Waals surface area contributed by atoms with E-state index in [1.54, 1.807) is 31.4 Å². The normalized spacial score (nSPS) is 11.5. The van der Waals surface area contributed by atoms with Crippen molar-refractivity contribution in [2.45, 2.75) is 0 Å². The number of nitriles is 1. The molecule has 2 aromatic carbocycles. The summed E-state index contributed by atoms with van der Waals surface area (Å²) in [6.07, 6.45) is 0. The van der Waals surface area contributed by atoms with Crippen LogP contribution < -0.4 is 10.1 Å². The van der Waals surface area contributed by atoms with E-state index < -0.39 is 0 Å². The molecule has 0 amide bonds. The zero-order valence-electron chi connectivity index (χ0n) is 12.6. The first kappa shape index (κ1) is 15.6. The lowest BCUT2D eigenvalue weighted by Gasteiger charge is -2.12. The Kier molecular flexibility index (Phi) is 5.18. The summed E-state index contributed by atoms with van der Waals surface area (Å²) in [5.74, 6) is 0.955. The molecule has 0 spiro atoms. The van der Waals surface area contributed by atoms with E-state index >= 15 is 0 Å². The van der Waals surface area contributed by atoms with Crippen molar-refractivity contribution in [1.82, 2.24) is 5.32 Å². The van der Waals surface area contributed by atoms with Crippen molar-refractivity contribution in [3.05, 3.63) is 59.7 Å². The number of likely N-dealkylation sites (N-methyl/N-ethyl adjacent to an activating group) is 1. The van der Waals surface area contributed by atoms with Gasteiger partial charge in [-0.3, -0.25) is 0 Å². The summed E-state index contributed by atoms with van der Waals surface area (Å²) in [5.41, 5.74) is 3.22. The summed E-state index contributed by atoms with van der Waals surface area (Å²) in [7, 11) is 3.46. The molecule has 4 heteroatoms. The Hall–Kier alpha value is -2.77. The third-order valence-corrected chi connectivity index (χ3v) is 3.36. The summed E-state index contributed by atoms with van der Waals surface area (Å²) in [4.78, 5) is 0. The van der Waals surface area contributed by atoms with Gasteiger partial charge >= 0.3 is 0 Å². The number of nitrogens with zero attached hydrogens (tertiary/aromatic N) is 1.